The smallest absolute Gasteiger partial charge is 0.273 e. The maximum Gasteiger partial charge on any atom is 0.273 e. The predicted molar refractivity (Wildman–Crippen MR) is 96.8 cm³/mol. The fourth-order valence-corrected chi connectivity index (χ4v) is 4.19. The number of carbonyl (C=O) groups is 1. The molecule has 1 saturated heterocycles. The summed E-state index contributed by atoms with van der Waals surface area (Å²) in [6, 6.07) is 1.69. The standard InChI is InChI=1S/C19H25N5O2/c25-18-12-16(24-10-2-5-17(24)21-18)15-4-1-9-23(13-15)19(26)6-3-8-22-11-7-20-14-22/h7,11-12,14-15H,1-6,8-10,13H2. The molecule has 0 aromatic carbocycles. The second-order valence-electron chi connectivity index (χ2n) is 7.27. The van der Waals surface area contributed by atoms with Crippen molar-refractivity contribution in [3.63, 3.8) is 0 Å². The SMILES string of the molecule is O=C(CCCn1ccnc1)N1CCCC(c2cc(=O)nc3n2CCC3)C1. The molecular weight excluding hydrogens is 330 g/mol. The minimum atomic E-state index is -0.142. The van der Waals surface area contributed by atoms with Crippen LogP contribution in [0.2, 0.25) is 0 Å². The fraction of sp³-hybridized carbons (Fsp3) is 0.579. The summed E-state index contributed by atoms with van der Waals surface area (Å²) in [5, 5.41) is 0. The number of piperidine rings is 1. The number of hydrogen-bond acceptors (Lipinski definition) is 4. The van der Waals surface area contributed by atoms with Crippen LogP contribution in [0.15, 0.2) is 29.6 Å². The van der Waals surface area contributed by atoms with E-state index in [9.17, 15) is 9.59 Å². The third-order valence-electron chi connectivity index (χ3n) is 5.47. The lowest BCUT2D eigenvalue weighted by atomic mass is 9.93. The van der Waals surface area contributed by atoms with E-state index in [2.05, 4.69) is 14.5 Å². The Morgan fingerprint density at radius 1 is 1.27 bits per heavy atom. The highest BCUT2D eigenvalue weighted by molar-refractivity contribution is 5.76. The molecule has 2 aromatic heterocycles. The molecule has 0 N–H and O–H groups in total. The van der Waals surface area contributed by atoms with E-state index >= 15 is 0 Å². The van der Waals surface area contributed by atoms with Gasteiger partial charge in [-0.2, -0.15) is 4.98 Å². The molecule has 0 aliphatic carbocycles. The quantitative estimate of drug-likeness (QED) is 0.816. The van der Waals surface area contributed by atoms with Gasteiger partial charge in [0.05, 0.1) is 6.33 Å². The van der Waals surface area contributed by atoms with Crippen molar-refractivity contribution in [3.8, 4) is 0 Å². The van der Waals surface area contributed by atoms with Gasteiger partial charge in [0.25, 0.3) is 5.56 Å². The molecule has 4 heterocycles. The molecule has 0 bridgehead atoms. The van der Waals surface area contributed by atoms with E-state index in [4.69, 9.17) is 0 Å². The molecule has 1 unspecified atom stereocenters. The third kappa shape index (κ3) is 3.57. The maximum absolute atomic E-state index is 12.6. The van der Waals surface area contributed by atoms with Crippen LogP contribution in [0, 0.1) is 0 Å². The van der Waals surface area contributed by atoms with Gasteiger partial charge in [-0.1, -0.05) is 0 Å². The van der Waals surface area contributed by atoms with Gasteiger partial charge >= 0.3 is 0 Å². The average Bonchev–Trinajstić information content (AvgIpc) is 3.32. The number of likely N-dealkylation sites (tertiary alicyclic amines) is 1. The minimum absolute atomic E-state index is 0.142. The van der Waals surface area contributed by atoms with Crippen molar-refractivity contribution in [3.05, 3.63) is 46.7 Å². The summed E-state index contributed by atoms with van der Waals surface area (Å²) in [4.78, 5) is 34.7. The zero-order valence-corrected chi connectivity index (χ0v) is 15.0. The predicted octanol–water partition coefficient (Wildman–Crippen LogP) is 1.57. The van der Waals surface area contributed by atoms with Crippen LogP contribution in [0.5, 0.6) is 0 Å². The first-order chi connectivity index (χ1) is 12.7. The largest absolute Gasteiger partial charge is 0.342 e. The molecule has 1 fully saturated rings. The number of hydrogen-bond donors (Lipinski definition) is 0. The van der Waals surface area contributed by atoms with Gasteiger partial charge in [-0.3, -0.25) is 9.59 Å². The molecule has 2 aromatic rings. The van der Waals surface area contributed by atoms with Crippen LogP contribution in [0.3, 0.4) is 0 Å². The minimum Gasteiger partial charge on any atom is -0.342 e. The highest BCUT2D eigenvalue weighted by atomic mass is 16.2. The second-order valence-corrected chi connectivity index (χ2v) is 7.27. The molecule has 1 atom stereocenters. The molecule has 4 rings (SSSR count). The molecule has 0 saturated carbocycles. The average molecular weight is 355 g/mol. The van der Waals surface area contributed by atoms with Crippen LogP contribution < -0.4 is 5.56 Å². The molecule has 0 spiro atoms. The summed E-state index contributed by atoms with van der Waals surface area (Å²) in [5.41, 5.74) is 0.936. The van der Waals surface area contributed by atoms with E-state index in [1.54, 1.807) is 18.6 Å². The van der Waals surface area contributed by atoms with Crippen molar-refractivity contribution in [2.45, 2.75) is 57.5 Å². The van der Waals surface area contributed by atoms with Gasteiger partial charge in [0.2, 0.25) is 5.91 Å². The number of carbonyl (C=O) groups excluding carboxylic acids is 1. The van der Waals surface area contributed by atoms with E-state index in [-0.39, 0.29) is 17.4 Å². The summed E-state index contributed by atoms with van der Waals surface area (Å²) < 4.78 is 4.21. The third-order valence-corrected chi connectivity index (χ3v) is 5.47. The molecular formula is C19H25N5O2. The summed E-state index contributed by atoms with van der Waals surface area (Å²) in [6.45, 7) is 3.29. The van der Waals surface area contributed by atoms with Crippen molar-refractivity contribution in [2.24, 2.45) is 0 Å². The normalized spacial score (nSPS) is 19.5. The summed E-state index contributed by atoms with van der Waals surface area (Å²) in [7, 11) is 0. The first kappa shape index (κ1) is 17.0. The molecule has 7 heteroatoms. The van der Waals surface area contributed by atoms with Crippen LogP contribution in [0.1, 0.15) is 49.5 Å². The summed E-state index contributed by atoms with van der Waals surface area (Å²) in [6.07, 6.45) is 10.8. The van der Waals surface area contributed by atoms with Crippen LogP contribution in [0.4, 0.5) is 0 Å². The highest BCUT2D eigenvalue weighted by Crippen LogP contribution is 2.29. The van der Waals surface area contributed by atoms with E-state index in [1.165, 1.54) is 0 Å². The Kier molecular flexibility index (Phi) is 4.86. The molecule has 0 radical (unpaired) electrons. The van der Waals surface area contributed by atoms with Gasteiger partial charge in [-0.15, -0.1) is 0 Å². The lowest BCUT2D eigenvalue weighted by Gasteiger charge is -2.34. The van der Waals surface area contributed by atoms with E-state index < -0.39 is 0 Å². The molecule has 2 aliphatic rings. The van der Waals surface area contributed by atoms with Gasteiger partial charge in [0.1, 0.15) is 5.82 Å². The van der Waals surface area contributed by atoms with Gasteiger partial charge in [-0.05, 0) is 25.7 Å². The Morgan fingerprint density at radius 2 is 2.19 bits per heavy atom. The topological polar surface area (TPSA) is 73.0 Å². The van der Waals surface area contributed by atoms with E-state index in [0.717, 1.165) is 63.3 Å². The zero-order chi connectivity index (χ0) is 17.9. The second kappa shape index (κ2) is 7.43. The zero-order valence-electron chi connectivity index (χ0n) is 15.0. The van der Waals surface area contributed by atoms with Crippen molar-refractivity contribution >= 4 is 5.91 Å². The maximum atomic E-state index is 12.6. The molecule has 7 nitrogen and oxygen atoms in total. The van der Waals surface area contributed by atoms with Crippen LogP contribution in [-0.2, 0) is 24.3 Å². The summed E-state index contributed by atoms with van der Waals surface area (Å²) in [5.74, 6) is 1.37. The number of nitrogens with zero attached hydrogens (tertiary/aromatic N) is 5. The number of imidazole rings is 1. The fourth-order valence-electron chi connectivity index (χ4n) is 4.19. The van der Waals surface area contributed by atoms with Crippen molar-refractivity contribution in [2.75, 3.05) is 13.1 Å². The van der Waals surface area contributed by atoms with Crippen molar-refractivity contribution < 1.29 is 4.79 Å². The van der Waals surface area contributed by atoms with Crippen LogP contribution in [-0.4, -0.2) is 43.0 Å². The van der Waals surface area contributed by atoms with Gasteiger partial charge in [0.15, 0.2) is 0 Å². The lowest BCUT2D eigenvalue weighted by Crippen LogP contribution is -2.40. The number of fused-ring (bicyclic) bond motifs is 1. The monoisotopic (exact) mass is 355 g/mol. The van der Waals surface area contributed by atoms with E-state index in [0.29, 0.717) is 13.0 Å². The van der Waals surface area contributed by atoms with Crippen LogP contribution in [0.25, 0.3) is 0 Å². The Hall–Kier alpha value is -2.44. The molecule has 1 amide bonds. The Labute approximate surface area is 152 Å². The molecule has 138 valence electrons. The number of aromatic nitrogens is 4. The van der Waals surface area contributed by atoms with Crippen molar-refractivity contribution in [1.29, 1.82) is 0 Å². The van der Waals surface area contributed by atoms with Crippen molar-refractivity contribution in [1.82, 2.24) is 24.0 Å². The number of rotatable bonds is 5. The Morgan fingerprint density at radius 3 is 3.04 bits per heavy atom. The Bertz CT molecular complexity index is 827. The first-order valence-corrected chi connectivity index (χ1v) is 9.55. The van der Waals surface area contributed by atoms with E-state index in [1.807, 2.05) is 15.7 Å². The van der Waals surface area contributed by atoms with Gasteiger partial charge in [-0.25, -0.2) is 4.98 Å². The first-order valence-electron chi connectivity index (χ1n) is 9.55. The van der Waals surface area contributed by atoms with Crippen LogP contribution >= 0.6 is 0 Å². The molecule has 26 heavy (non-hydrogen) atoms. The highest BCUT2D eigenvalue weighted by Gasteiger charge is 2.28. The lowest BCUT2D eigenvalue weighted by molar-refractivity contribution is -0.132. The number of aryl methyl sites for hydroxylation is 2. The Balaban J connectivity index is 1.40. The summed E-state index contributed by atoms with van der Waals surface area (Å²) >= 11 is 0. The van der Waals surface area contributed by atoms with Gasteiger partial charge < -0.3 is 14.0 Å². The van der Waals surface area contributed by atoms with Gasteiger partial charge in [0, 0.05) is 69.1 Å². The molecule has 2 aliphatic heterocycles. The number of amides is 1.